The molecule has 36 heavy (non-hydrogen) atoms. The molecule has 0 aliphatic carbocycles. The summed E-state index contributed by atoms with van der Waals surface area (Å²) in [6.45, 7) is 11.1. The van der Waals surface area contributed by atoms with Gasteiger partial charge in [-0.15, -0.1) is 11.8 Å². The number of rotatable bonds is 27. The summed E-state index contributed by atoms with van der Waals surface area (Å²) >= 11 is 0. The first-order chi connectivity index (χ1) is 17.7. The molecule has 0 aromatic carbocycles. The van der Waals surface area contributed by atoms with Crippen molar-refractivity contribution in [3.63, 3.8) is 0 Å². The molecular formula is C33H63NO2. The third kappa shape index (κ3) is 27.6. The van der Waals surface area contributed by atoms with Crippen molar-refractivity contribution in [1.82, 2.24) is 4.90 Å². The van der Waals surface area contributed by atoms with Gasteiger partial charge in [0.2, 0.25) is 0 Å². The predicted molar refractivity (Wildman–Crippen MR) is 158 cm³/mol. The quantitative estimate of drug-likeness (QED) is 0.0632. The molecule has 0 spiro atoms. The van der Waals surface area contributed by atoms with Crippen molar-refractivity contribution in [3.05, 3.63) is 0 Å². The first-order valence-electron chi connectivity index (χ1n) is 16.1. The number of ether oxygens (including phenoxy) is 1. The van der Waals surface area contributed by atoms with Gasteiger partial charge in [-0.1, -0.05) is 111 Å². The van der Waals surface area contributed by atoms with Crippen molar-refractivity contribution in [2.24, 2.45) is 0 Å². The number of hydrogen-bond acceptors (Lipinski definition) is 3. The zero-order chi connectivity index (χ0) is 26.4. The lowest BCUT2D eigenvalue weighted by molar-refractivity contribution is -0.143. The van der Waals surface area contributed by atoms with Crippen LogP contribution in [0.1, 0.15) is 168 Å². The van der Waals surface area contributed by atoms with Crippen LogP contribution in [0.2, 0.25) is 0 Å². The molecular weight excluding hydrogens is 442 g/mol. The third-order valence-corrected chi connectivity index (χ3v) is 7.00. The van der Waals surface area contributed by atoms with Crippen molar-refractivity contribution in [2.75, 3.05) is 26.2 Å². The van der Waals surface area contributed by atoms with E-state index in [2.05, 4.69) is 37.5 Å². The van der Waals surface area contributed by atoms with Crippen molar-refractivity contribution >= 4 is 5.97 Å². The number of nitrogens with zero attached hydrogens (tertiary/aromatic N) is 1. The maximum Gasteiger partial charge on any atom is 0.305 e. The summed E-state index contributed by atoms with van der Waals surface area (Å²) in [5, 5.41) is 0. The summed E-state index contributed by atoms with van der Waals surface area (Å²) in [7, 11) is 0. The molecule has 0 unspecified atom stereocenters. The molecule has 0 atom stereocenters. The molecule has 0 aliphatic rings. The Labute approximate surface area is 226 Å². The van der Waals surface area contributed by atoms with Crippen LogP contribution in [0.3, 0.4) is 0 Å². The van der Waals surface area contributed by atoms with Crippen molar-refractivity contribution in [2.45, 2.75) is 168 Å². The molecule has 0 aromatic rings. The van der Waals surface area contributed by atoms with Crippen LogP contribution in [0.4, 0.5) is 0 Å². The van der Waals surface area contributed by atoms with Crippen LogP contribution in [-0.4, -0.2) is 37.1 Å². The van der Waals surface area contributed by atoms with E-state index in [0.717, 1.165) is 32.1 Å². The highest BCUT2D eigenvalue weighted by Crippen LogP contribution is 2.12. The number of carbonyl (C=O) groups is 1. The average molecular weight is 506 g/mol. The molecule has 0 aliphatic heterocycles. The van der Waals surface area contributed by atoms with Crippen LogP contribution in [-0.2, 0) is 9.53 Å². The summed E-state index contributed by atoms with van der Waals surface area (Å²) in [6.07, 6.45) is 28.2. The first-order valence-corrected chi connectivity index (χ1v) is 16.1. The summed E-state index contributed by atoms with van der Waals surface area (Å²) < 4.78 is 5.35. The summed E-state index contributed by atoms with van der Waals surface area (Å²) in [5.74, 6) is 6.33. The second-order valence-corrected chi connectivity index (χ2v) is 10.7. The molecule has 3 nitrogen and oxygen atoms in total. The second kappa shape index (κ2) is 30.2. The van der Waals surface area contributed by atoms with E-state index in [1.165, 1.54) is 129 Å². The van der Waals surface area contributed by atoms with E-state index in [0.29, 0.717) is 13.0 Å². The van der Waals surface area contributed by atoms with Gasteiger partial charge in [-0.25, -0.2) is 0 Å². The van der Waals surface area contributed by atoms with E-state index in [9.17, 15) is 4.79 Å². The lowest BCUT2D eigenvalue weighted by Gasteiger charge is -2.22. The number of unbranched alkanes of at least 4 members (excludes halogenated alkanes) is 17. The highest BCUT2D eigenvalue weighted by Gasteiger charge is 2.06. The topological polar surface area (TPSA) is 29.5 Å². The Morgan fingerprint density at radius 2 is 0.944 bits per heavy atom. The summed E-state index contributed by atoms with van der Waals surface area (Å²) in [6, 6.07) is 0. The molecule has 0 fully saturated rings. The number of esters is 1. The molecule has 0 amide bonds. The Bertz CT molecular complexity index is 492. The van der Waals surface area contributed by atoms with Gasteiger partial charge in [0.05, 0.1) is 6.61 Å². The monoisotopic (exact) mass is 505 g/mol. The SMILES string of the molecule is CCCCC#CCCCOC(=O)CCCCCCCN(CCCCCCCC)CCCCCCCC. The Kier molecular flexibility index (Phi) is 29.4. The van der Waals surface area contributed by atoms with Crippen LogP contribution < -0.4 is 0 Å². The van der Waals surface area contributed by atoms with Gasteiger partial charge >= 0.3 is 5.97 Å². The molecule has 3 heteroatoms. The first kappa shape index (κ1) is 35.0. The molecule has 0 radical (unpaired) electrons. The lowest BCUT2D eigenvalue weighted by Crippen LogP contribution is -2.27. The van der Waals surface area contributed by atoms with Crippen molar-refractivity contribution in [3.8, 4) is 11.8 Å². The van der Waals surface area contributed by atoms with E-state index < -0.39 is 0 Å². The van der Waals surface area contributed by atoms with Gasteiger partial charge in [-0.3, -0.25) is 4.79 Å². The minimum Gasteiger partial charge on any atom is -0.466 e. The van der Waals surface area contributed by atoms with Gasteiger partial charge in [0, 0.05) is 19.3 Å². The molecule has 0 saturated heterocycles. The summed E-state index contributed by atoms with van der Waals surface area (Å²) in [4.78, 5) is 14.6. The van der Waals surface area contributed by atoms with Crippen LogP contribution in [0.25, 0.3) is 0 Å². The van der Waals surface area contributed by atoms with Crippen LogP contribution in [0.15, 0.2) is 0 Å². The van der Waals surface area contributed by atoms with Gasteiger partial charge in [-0.05, 0) is 58.2 Å². The smallest absolute Gasteiger partial charge is 0.305 e. The summed E-state index contributed by atoms with van der Waals surface area (Å²) in [5.41, 5.74) is 0. The minimum absolute atomic E-state index is 0.0296. The lowest BCUT2D eigenvalue weighted by atomic mass is 10.1. The highest BCUT2D eigenvalue weighted by molar-refractivity contribution is 5.69. The number of hydrogen-bond donors (Lipinski definition) is 0. The molecule has 0 bridgehead atoms. The maximum absolute atomic E-state index is 11.9. The van der Waals surface area contributed by atoms with E-state index >= 15 is 0 Å². The Hall–Kier alpha value is -1.01. The largest absolute Gasteiger partial charge is 0.466 e. The van der Waals surface area contributed by atoms with Crippen LogP contribution in [0.5, 0.6) is 0 Å². The predicted octanol–water partition coefficient (Wildman–Crippen LogP) is 9.87. The maximum atomic E-state index is 11.9. The molecule has 0 rings (SSSR count). The van der Waals surface area contributed by atoms with Gasteiger partial charge in [-0.2, -0.15) is 0 Å². The van der Waals surface area contributed by atoms with Crippen molar-refractivity contribution in [1.29, 1.82) is 0 Å². The molecule has 0 saturated carbocycles. The molecule has 0 aromatic heterocycles. The fourth-order valence-corrected chi connectivity index (χ4v) is 4.56. The van der Waals surface area contributed by atoms with Gasteiger partial charge in [0.1, 0.15) is 0 Å². The highest BCUT2D eigenvalue weighted by atomic mass is 16.5. The molecule has 0 N–H and O–H groups in total. The van der Waals surface area contributed by atoms with Crippen LogP contribution >= 0.6 is 0 Å². The van der Waals surface area contributed by atoms with Crippen molar-refractivity contribution < 1.29 is 9.53 Å². The molecule has 0 heterocycles. The zero-order valence-electron chi connectivity index (χ0n) is 24.9. The van der Waals surface area contributed by atoms with E-state index in [-0.39, 0.29) is 5.97 Å². The van der Waals surface area contributed by atoms with E-state index in [4.69, 9.17) is 4.74 Å². The normalized spacial score (nSPS) is 11.0. The Morgan fingerprint density at radius 3 is 1.44 bits per heavy atom. The third-order valence-electron chi connectivity index (χ3n) is 7.00. The van der Waals surface area contributed by atoms with Gasteiger partial charge < -0.3 is 9.64 Å². The number of carbonyl (C=O) groups excluding carboxylic acids is 1. The fourth-order valence-electron chi connectivity index (χ4n) is 4.56. The Balaban J connectivity index is 3.81. The van der Waals surface area contributed by atoms with E-state index in [1.54, 1.807) is 0 Å². The van der Waals surface area contributed by atoms with Gasteiger partial charge in [0.25, 0.3) is 0 Å². The van der Waals surface area contributed by atoms with Crippen LogP contribution in [0, 0.1) is 11.8 Å². The second-order valence-electron chi connectivity index (χ2n) is 10.7. The Morgan fingerprint density at radius 1 is 0.528 bits per heavy atom. The fraction of sp³-hybridized carbons (Fsp3) is 0.909. The van der Waals surface area contributed by atoms with E-state index in [1.807, 2.05) is 0 Å². The zero-order valence-corrected chi connectivity index (χ0v) is 24.9. The minimum atomic E-state index is -0.0296. The molecule has 212 valence electrons. The van der Waals surface area contributed by atoms with Gasteiger partial charge in [0.15, 0.2) is 0 Å². The standard InChI is InChI=1S/C33H63NO2/c1-4-7-10-13-16-22-27-32-36-33(35)28-23-18-17-21-26-31-34(29-24-19-14-11-8-5-2)30-25-20-15-12-9-6-3/h4-12,14-15,17-32H2,1-3H3. The average Bonchev–Trinajstić information content (AvgIpc) is 2.88.